The van der Waals surface area contributed by atoms with Crippen molar-refractivity contribution in [1.82, 2.24) is 20.2 Å². The highest BCUT2D eigenvalue weighted by atomic mass is 16.4. The summed E-state index contributed by atoms with van der Waals surface area (Å²) in [6.45, 7) is 0.637. The summed E-state index contributed by atoms with van der Waals surface area (Å²) in [6.07, 6.45) is 3.56. The minimum atomic E-state index is 0.400. The molecule has 0 aliphatic carbocycles. The average Bonchev–Trinajstić information content (AvgIpc) is 3.20. The lowest BCUT2D eigenvalue weighted by atomic mass is 10.2. The van der Waals surface area contributed by atoms with Gasteiger partial charge in [-0.1, -0.05) is 35.4 Å². The number of hydrogen-bond acceptors (Lipinski definition) is 5. The summed E-state index contributed by atoms with van der Waals surface area (Å²) in [4.78, 5) is 7.34. The minimum Gasteiger partial charge on any atom is -0.403 e. The first-order valence-electron chi connectivity index (χ1n) is 6.94. The van der Waals surface area contributed by atoms with Crippen molar-refractivity contribution in [1.29, 1.82) is 0 Å². The van der Waals surface area contributed by atoms with Gasteiger partial charge in [-0.2, -0.15) is 0 Å². The molecule has 3 heterocycles. The second-order valence-corrected chi connectivity index (χ2v) is 4.85. The number of fused-ring (bicyclic) bond motifs is 1. The van der Waals surface area contributed by atoms with Gasteiger partial charge in [-0.25, -0.2) is 4.98 Å². The van der Waals surface area contributed by atoms with E-state index in [1.807, 2.05) is 48.7 Å². The van der Waals surface area contributed by atoms with Crippen LogP contribution in [-0.4, -0.2) is 20.2 Å². The smallest absolute Gasteiger partial charge is 0.316 e. The maximum atomic E-state index is 5.68. The van der Waals surface area contributed by atoms with Crippen LogP contribution < -0.4 is 5.32 Å². The SMILES string of the molecule is c1ccc(CNc2nnc(-c3c[nH]c4ncccc34)o2)cc1. The lowest BCUT2D eigenvalue weighted by Crippen LogP contribution is -1.98. The van der Waals surface area contributed by atoms with Crippen molar-refractivity contribution >= 4 is 17.0 Å². The highest BCUT2D eigenvalue weighted by Gasteiger charge is 2.13. The van der Waals surface area contributed by atoms with Crippen LogP contribution in [0.5, 0.6) is 0 Å². The van der Waals surface area contributed by atoms with Gasteiger partial charge in [0.2, 0.25) is 0 Å². The van der Waals surface area contributed by atoms with Crippen LogP contribution in [0.15, 0.2) is 59.3 Å². The fraction of sp³-hybridized carbons (Fsp3) is 0.0625. The molecule has 0 aliphatic heterocycles. The van der Waals surface area contributed by atoms with E-state index in [0.717, 1.165) is 22.2 Å². The number of nitrogens with zero attached hydrogens (tertiary/aromatic N) is 3. The number of benzene rings is 1. The number of nitrogens with one attached hydrogen (secondary N) is 2. The first-order chi connectivity index (χ1) is 10.9. The van der Waals surface area contributed by atoms with Crippen LogP contribution in [0, 0.1) is 0 Å². The predicted octanol–water partition coefficient (Wildman–Crippen LogP) is 3.23. The van der Waals surface area contributed by atoms with Gasteiger partial charge >= 0.3 is 6.01 Å². The molecular weight excluding hydrogens is 278 g/mol. The van der Waals surface area contributed by atoms with Crippen LogP contribution in [-0.2, 0) is 6.54 Å². The highest BCUT2D eigenvalue weighted by molar-refractivity contribution is 5.90. The molecule has 108 valence electrons. The van der Waals surface area contributed by atoms with Crippen LogP contribution in [0.3, 0.4) is 0 Å². The molecule has 0 unspecified atom stereocenters. The van der Waals surface area contributed by atoms with E-state index in [2.05, 4.69) is 25.5 Å². The summed E-state index contributed by atoms with van der Waals surface area (Å²) in [5.74, 6) is 0.467. The van der Waals surface area contributed by atoms with Gasteiger partial charge in [0.15, 0.2) is 0 Å². The Balaban J connectivity index is 1.56. The second-order valence-electron chi connectivity index (χ2n) is 4.85. The monoisotopic (exact) mass is 291 g/mol. The first kappa shape index (κ1) is 12.6. The number of aromatic nitrogens is 4. The number of anilines is 1. The fourth-order valence-corrected chi connectivity index (χ4v) is 2.31. The Morgan fingerprint density at radius 2 is 1.95 bits per heavy atom. The van der Waals surface area contributed by atoms with E-state index in [1.54, 1.807) is 6.20 Å². The molecule has 22 heavy (non-hydrogen) atoms. The molecule has 0 radical (unpaired) electrons. The fourth-order valence-electron chi connectivity index (χ4n) is 2.31. The van der Waals surface area contributed by atoms with Gasteiger partial charge in [0.05, 0.1) is 5.56 Å². The van der Waals surface area contributed by atoms with E-state index in [0.29, 0.717) is 18.5 Å². The van der Waals surface area contributed by atoms with Crippen molar-refractivity contribution in [3.05, 3.63) is 60.4 Å². The maximum absolute atomic E-state index is 5.68. The zero-order valence-corrected chi connectivity index (χ0v) is 11.7. The van der Waals surface area contributed by atoms with Crippen molar-refractivity contribution in [3.63, 3.8) is 0 Å². The predicted molar refractivity (Wildman–Crippen MR) is 83.2 cm³/mol. The van der Waals surface area contributed by atoms with E-state index in [9.17, 15) is 0 Å². The molecule has 0 fully saturated rings. The quantitative estimate of drug-likeness (QED) is 0.603. The Morgan fingerprint density at radius 1 is 1.05 bits per heavy atom. The third-order valence-corrected chi connectivity index (χ3v) is 3.39. The zero-order chi connectivity index (χ0) is 14.8. The van der Waals surface area contributed by atoms with Crippen molar-refractivity contribution in [2.45, 2.75) is 6.54 Å². The molecule has 2 N–H and O–H groups in total. The molecule has 0 atom stereocenters. The standard InChI is InChI=1S/C16H13N5O/c1-2-5-11(6-3-1)9-19-16-21-20-15(22-16)13-10-18-14-12(13)7-4-8-17-14/h1-8,10H,9H2,(H,17,18)(H,19,21). The molecule has 0 amide bonds. The summed E-state index contributed by atoms with van der Waals surface area (Å²) in [6, 6.07) is 14.3. The van der Waals surface area contributed by atoms with E-state index >= 15 is 0 Å². The van der Waals surface area contributed by atoms with Crippen LogP contribution >= 0.6 is 0 Å². The second kappa shape index (κ2) is 5.33. The van der Waals surface area contributed by atoms with E-state index in [1.165, 1.54) is 0 Å². The van der Waals surface area contributed by atoms with Gasteiger partial charge in [0.1, 0.15) is 5.65 Å². The molecule has 3 aromatic heterocycles. The Morgan fingerprint density at radius 3 is 2.86 bits per heavy atom. The first-order valence-corrected chi connectivity index (χ1v) is 6.94. The van der Waals surface area contributed by atoms with Gasteiger partial charge in [0, 0.05) is 24.3 Å². The summed E-state index contributed by atoms with van der Waals surface area (Å²) in [7, 11) is 0. The summed E-state index contributed by atoms with van der Waals surface area (Å²) >= 11 is 0. The van der Waals surface area contributed by atoms with Crippen molar-refractivity contribution < 1.29 is 4.42 Å². The highest BCUT2D eigenvalue weighted by Crippen LogP contribution is 2.27. The third-order valence-electron chi connectivity index (χ3n) is 3.39. The molecule has 0 saturated heterocycles. The third kappa shape index (κ3) is 2.31. The van der Waals surface area contributed by atoms with Gasteiger partial charge in [0.25, 0.3) is 5.89 Å². The molecular formula is C16H13N5O. The molecule has 6 nitrogen and oxygen atoms in total. The molecule has 0 spiro atoms. The number of rotatable bonds is 4. The van der Waals surface area contributed by atoms with E-state index < -0.39 is 0 Å². The number of hydrogen-bond donors (Lipinski definition) is 2. The van der Waals surface area contributed by atoms with Crippen molar-refractivity contribution in [2.24, 2.45) is 0 Å². The van der Waals surface area contributed by atoms with Crippen LogP contribution in [0.2, 0.25) is 0 Å². The summed E-state index contributed by atoms with van der Waals surface area (Å²) < 4.78 is 5.68. The van der Waals surface area contributed by atoms with Crippen molar-refractivity contribution in [2.75, 3.05) is 5.32 Å². The Kier molecular flexibility index (Phi) is 3.05. The Hall–Kier alpha value is -3.15. The maximum Gasteiger partial charge on any atom is 0.316 e. The largest absolute Gasteiger partial charge is 0.403 e. The van der Waals surface area contributed by atoms with Crippen LogP contribution in [0.1, 0.15) is 5.56 Å². The molecule has 0 bridgehead atoms. The van der Waals surface area contributed by atoms with E-state index in [-0.39, 0.29) is 0 Å². The lowest BCUT2D eigenvalue weighted by Gasteiger charge is -2.00. The molecule has 4 rings (SSSR count). The Labute approximate surface area is 126 Å². The van der Waals surface area contributed by atoms with Gasteiger partial charge < -0.3 is 14.7 Å². The van der Waals surface area contributed by atoms with Gasteiger partial charge in [-0.05, 0) is 17.7 Å². The zero-order valence-electron chi connectivity index (χ0n) is 11.7. The normalized spacial score (nSPS) is 10.9. The molecule has 0 saturated carbocycles. The lowest BCUT2D eigenvalue weighted by molar-refractivity contribution is 0.581. The van der Waals surface area contributed by atoms with Crippen molar-refractivity contribution in [3.8, 4) is 11.5 Å². The summed E-state index contributed by atoms with van der Waals surface area (Å²) in [5, 5.41) is 12.2. The number of pyridine rings is 1. The molecule has 4 aromatic rings. The summed E-state index contributed by atoms with van der Waals surface area (Å²) in [5.41, 5.74) is 2.80. The molecule has 0 aliphatic rings. The number of H-pyrrole nitrogens is 1. The average molecular weight is 291 g/mol. The minimum absolute atomic E-state index is 0.400. The number of aromatic amines is 1. The van der Waals surface area contributed by atoms with Crippen LogP contribution in [0.25, 0.3) is 22.5 Å². The van der Waals surface area contributed by atoms with Crippen LogP contribution in [0.4, 0.5) is 6.01 Å². The van der Waals surface area contributed by atoms with E-state index in [4.69, 9.17) is 4.42 Å². The molecule has 6 heteroatoms. The topological polar surface area (TPSA) is 79.6 Å². The Bertz CT molecular complexity index is 897. The van der Waals surface area contributed by atoms with Gasteiger partial charge in [-0.3, -0.25) is 0 Å². The molecule has 1 aromatic carbocycles. The van der Waals surface area contributed by atoms with Gasteiger partial charge in [-0.15, -0.1) is 5.10 Å².